The third-order valence-electron chi connectivity index (χ3n) is 6.81. The third kappa shape index (κ3) is 5.17. The molecule has 28 heavy (non-hydrogen) atoms. The Labute approximate surface area is 170 Å². The highest BCUT2D eigenvalue weighted by Crippen LogP contribution is 2.47. The summed E-state index contributed by atoms with van der Waals surface area (Å²) in [5, 5.41) is 10.8. The molecule has 7 heteroatoms. The first-order valence-electron chi connectivity index (χ1n) is 9.97. The molecule has 0 saturated carbocycles. The number of aliphatic hydroxyl groups excluding tert-OH is 1. The zero-order valence-corrected chi connectivity index (χ0v) is 20.0. The Morgan fingerprint density at radius 2 is 1.82 bits per heavy atom. The van der Waals surface area contributed by atoms with Crippen LogP contribution in [0.5, 0.6) is 0 Å². The van der Waals surface area contributed by atoms with Crippen LogP contribution in [0.2, 0.25) is 18.1 Å². The van der Waals surface area contributed by atoms with Gasteiger partial charge in [0.2, 0.25) is 0 Å². The number of carbonyl (C=O) groups excluding carboxylic acids is 2. The van der Waals surface area contributed by atoms with Crippen LogP contribution >= 0.6 is 0 Å². The van der Waals surface area contributed by atoms with Gasteiger partial charge in [0.05, 0.1) is 19.8 Å². The summed E-state index contributed by atoms with van der Waals surface area (Å²) in [5.74, 6) is -0.646. The van der Waals surface area contributed by atoms with E-state index >= 15 is 0 Å². The Morgan fingerprint density at radius 3 is 2.29 bits per heavy atom. The van der Waals surface area contributed by atoms with Gasteiger partial charge in [-0.05, 0) is 49.7 Å². The van der Waals surface area contributed by atoms with Crippen LogP contribution < -0.4 is 0 Å². The maximum atomic E-state index is 12.4. The first-order valence-corrected chi connectivity index (χ1v) is 12.9. The van der Waals surface area contributed by atoms with Crippen molar-refractivity contribution in [1.29, 1.82) is 0 Å². The van der Waals surface area contributed by atoms with Gasteiger partial charge in [-0.1, -0.05) is 34.6 Å². The minimum atomic E-state index is -2.18. The summed E-state index contributed by atoms with van der Waals surface area (Å²) >= 11 is 0. The quantitative estimate of drug-likeness (QED) is 0.478. The van der Waals surface area contributed by atoms with Crippen molar-refractivity contribution in [2.24, 2.45) is 11.3 Å². The van der Waals surface area contributed by atoms with Crippen LogP contribution in [-0.4, -0.2) is 45.7 Å². The molecule has 0 heterocycles. The highest BCUT2D eigenvalue weighted by Gasteiger charge is 2.45. The molecule has 0 aromatic carbocycles. The monoisotopic (exact) mass is 414 g/mol. The number of hydrogen-bond acceptors (Lipinski definition) is 6. The van der Waals surface area contributed by atoms with E-state index in [0.717, 1.165) is 6.42 Å². The van der Waals surface area contributed by atoms with Gasteiger partial charge < -0.3 is 19.0 Å². The van der Waals surface area contributed by atoms with Crippen molar-refractivity contribution in [2.45, 2.75) is 84.5 Å². The molecule has 1 N–H and O–H groups in total. The van der Waals surface area contributed by atoms with Crippen molar-refractivity contribution >= 4 is 20.3 Å². The Morgan fingerprint density at radius 1 is 1.25 bits per heavy atom. The summed E-state index contributed by atoms with van der Waals surface area (Å²) in [7, 11) is 0.502. The molecule has 3 atom stereocenters. The van der Waals surface area contributed by atoms with Crippen LogP contribution in [0, 0.1) is 11.3 Å². The zero-order valence-electron chi connectivity index (χ0n) is 19.0. The molecule has 162 valence electrons. The normalized spacial score (nSPS) is 24.7. The summed E-state index contributed by atoms with van der Waals surface area (Å²) in [6.45, 7) is 14.6. The Bertz CT molecular complexity index is 619. The van der Waals surface area contributed by atoms with Crippen molar-refractivity contribution in [1.82, 2.24) is 0 Å². The minimum Gasteiger partial charge on any atom is -0.511 e. The van der Waals surface area contributed by atoms with E-state index in [9.17, 15) is 14.7 Å². The second-order valence-corrected chi connectivity index (χ2v) is 14.4. The van der Waals surface area contributed by atoms with Crippen molar-refractivity contribution in [2.75, 3.05) is 14.2 Å². The molecule has 1 aliphatic rings. The lowest BCUT2D eigenvalue weighted by Gasteiger charge is -2.42. The molecule has 0 unspecified atom stereocenters. The molecule has 0 saturated heterocycles. The maximum Gasteiger partial charge on any atom is 0.337 e. The Balaban J connectivity index is 3.11. The molecule has 0 amide bonds. The van der Waals surface area contributed by atoms with Crippen molar-refractivity contribution < 1.29 is 28.6 Å². The molecule has 0 aromatic heterocycles. The standard InChI is InChI=1S/C21H38O6Si/c1-14-10-11-15(18(23)25-6)17(22)21(14,5)13-12-16(19(24)26-7)27-28(8,9)20(2,3)4/h14,16,22H,10-13H2,1-9H3/t14-,16-,21+/m0/s1. The van der Waals surface area contributed by atoms with Gasteiger partial charge in [-0.15, -0.1) is 0 Å². The molecule has 0 spiro atoms. The number of rotatable bonds is 7. The summed E-state index contributed by atoms with van der Waals surface area (Å²) in [4.78, 5) is 24.4. The Hall–Kier alpha value is -1.34. The lowest BCUT2D eigenvalue weighted by molar-refractivity contribution is -0.150. The fourth-order valence-electron chi connectivity index (χ4n) is 3.38. The average Bonchev–Trinajstić information content (AvgIpc) is 2.61. The molecule has 0 fully saturated rings. The van der Waals surface area contributed by atoms with E-state index in [0.29, 0.717) is 24.8 Å². The second kappa shape index (κ2) is 8.99. The van der Waals surface area contributed by atoms with Gasteiger partial charge in [0, 0.05) is 5.41 Å². The van der Waals surface area contributed by atoms with Gasteiger partial charge in [0.15, 0.2) is 8.32 Å². The molecule has 0 aromatic rings. The maximum absolute atomic E-state index is 12.4. The molecule has 0 bridgehead atoms. The summed E-state index contributed by atoms with van der Waals surface area (Å²) in [5.41, 5.74) is -0.284. The van der Waals surface area contributed by atoms with E-state index in [1.54, 1.807) is 0 Å². The number of carbonyl (C=O) groups is 2. The van der Waals surface area contributed by atoms with E-state index in [-0.39, 0.29) is 16.7 Å². The minimum absolute atomic E-state index is 0.0403. The Kier molecular flexibility index (Phi) is 7.93. The van der Waals surface area contributed by atoms with Gasteiger partial charge in [-0.25, -0.2) is 9.59 Å². The number of methoxy groups -OCH3 is 2. The van der Waals surface area contributed by atoms with Crippen LogP contribution in [0.3, 0.4) is 0 Å². The molecule has 6 nitrogen and oxygen atoms in total. The molecule has 1 aliphatic carbocycles. The first-order chi connectivity index (χ1) is 12.7. The fraction of sp³-hybridized carbons (Fsp3) is 0.810. The number of esters is 2. The van der Waals surface area contributed by atoms with Gasteiger partial charge in [-0.2, -0.15) is 0 Å². The van der Waals surface area contributed by atoms with Crippen LogP contribution in [0.1, 0.15) is 60.3 Å². The van der Waals surface area contributed by atoms with Gasteiger partial charge in [0.1, 0.15) is 11.9 Å². The molecule has 0 aliphatic heterocycles. The SMILES string of the molecule is COC(=O)C1=C(O)[C@](C)(CC[C@H](O[Si](C)(C)C(C)(C)C)C(=O)OC)[C@@H](C)CC1. The van der Waals surface area contributed by atoms with E-state index in [4.69, 9.17) is 13.9 Å². The smallest absolute Gasteiger partial charge is 0.337 e. The highest BCUT2D eigenvalue weighted by atomic mass is 28.4. The van der Waals surface area contributed by atoms with Crippen LogP contribution in [0.25, 0.3) is 0 Å². The largest absolute Gasteiger partial charge is 0.511 e. The van der Waals surface area contributed by atoms with E-state index in [1.807, 2.05) is 6.92 Å². The van der Waals surface area contributed by atoms with Crippen molar-refractivity contribution in [3.05, 3.63) is 11.3 Å². The van der Waals surface area contributed by atoms with E-state index in [1.165, 1.54) is 14.2 Å². The van der Waals surface area contributed by atoms with Crippen molar-refractivity contribution in [3.63, 3.8) is 0 Å². The first kappa shape index (κ1) is 24.7. The van der Waals surface area contributed by atoms with Gasteiger partial charge in [-0.3, -0.25) is 0 Å². The molecule has 1 rings (SSSR count). The molecular formula is C21H38O6Si. The lowest BCUT2D eigenvalue weighted by atomic mass is 9.66. The van der Waals surface area contributed by atoms with Gasteiger partial charge >= 0.3 is 11.9 Å². The van der Waals surface area contributed by atoms with Crippen LogP contribution in [0.4, 0.5) is 0 Å². The molecular weight excluding hydrogens is 376 g/mol. The summed E-state index contributed by atoms with van der Waals surface area (Å²) in [6, 6.07) is 0. The van der Waals surface area contributed by atoms with E-state index in [2.05, 4.69) is 40.8 Å². The predicted octanol–water partition coefficient (Wildman–Crippen LogP) is 4.75. The predicted molar refractivity (Wildman–Crippen MR) is 111 cm³/mol. The fourth-order valence-corrected chi connectivity index (χ4v) is 4.66. The summed E-state index contributed by atoms with van der Waals surface area (Å²) in [6.07, 6.45) is 1.51. The number of hydrogen-bond donors (Lipinski definition) is 1. The lowest BCUT2D eigenvalue weighted by Crippen LogP contribution is -2.47. The number of aliphatic hydroxyl groups is 1. The number of allylic oxidation sites excluding steroid dienone is 1. The third-order valence-corrected chi connectivity index (χ3v) is 11.3. The van der Waals surface area contributed by atoms with E-state index < -0.39 is 31.8 Å². The highest BCUT2D eigenvalue weighted by molar-refractivity contribution is 6.74. The second-order valence-electron chi connectivity index (χ2n) is 9.60. The van der Waals surface area contributed by atoms with Crippen LogP contribution in [0.15, 0.2) is 11.3 Å². The average molecular weight is 415 g/mol. The molecule has 0 radical (unpaired) electrons. The number of ether oxygens (including phenoxy) is 2. The topological polar surface area (TPSA) is 82.1 Å². The zero-order chi connectivity index (χ0) is 21.9. The van der Waals surface area contributed by atoms with Crippen molar-refractivity contribution in [3.8, 4) is 0 Å². The van der Waals surface area contributed by atoms with Crippen LogP contribution in [-0.2, 0) is 23.5 Å². The van der Waals surface area contributed by atoms with Gasteiger partial charge in [0.25, 0.3) is 0 Å². The summed E-state index contributed by atoms with van der Waals surface area (Å²) < 4.78 is 16.1.